The molecule has 0 aromatic heterocycles. The van der Waals surface area contributed by atoms with E-state index in [1.807, 2.05) is 0 Å². The van der Waals surface area contributed by atoms with Crippen molar-refractivity contribution in [2.45, 2.75) is 171 Å². The quantitative estimate of drug-likeness (QED) is 0.417. The van der Waals surface area contributed by atoms with E-state index in [9.17, 15) is 0 Å². The summed E-state index contributed by atoms with van der Waals surface area (Å²) in [4.78, 5) is 3.08. The average Bonchev–Trinajstić information content (AvgIpc) is 3.54. The lowest BCUT2D eigenvalue weighted by Crippen LogP contribution is -2.76. The molecule has 38 heavy (non-hydrogen) atoms. The zero-order valence-electron chi connectivity index (χ0n) is 24.0. The molecule has 0 spiro atoms. The molecule has 0 amide bonds. The van der Waals surface area contributed by atoms with E-state index in [1.165, 1.54) is 128 Å². The van der Waals surface area contributed by atoms with Gasteiger partial charge in [-0.05, 0) is 99.7 Å². The average molecular weight is 525 g/mol. The maximum absolute atomic E-state index is 7.18. The molecule has 0 bridgehead atoms. The summed E-state index contributed by atoms with van der Waals surface area (Å²) in [6.45, 7) is 0. The first kappa shape index (κ1) is 25.5. The van der Waals surface area contributed by atoms with Gasteiger partial charge in [0.15, 0.2) is 0 Å². The molecular formula is C33H56N4O. The lowest BCUT2D eigenvalue weighted by Gasteiger charge is -2.52. The molecule has 8 aliphatic rings. The lowest BCUT2D eigenvalue weighted by molar-refractivity contribution is -0.0850. The number of ether oxygens (including phenoxy) is 1. The van der Waals surface area contributed by atoms with Crippen LogP contribution in [0, 0.1) is 35.5 Å². The Balaban J connectivity index is 1.11. The zero-order valence-corrected chi connectivity index (χ0v) is 24.0. The molecule has 3 heterocycles. The van der Waals surface area contributed by atoms with Crippen molar-refractivity contribution in [1.29, 1.82) is 0 Å². The van der Waals surface area contributed by atoms with Crippen molar-refractivity contribution in [3.8, 4) is 0 Å². The molecule has 10 atom stereocenters. The van der Waals surface area contributed by atoms with E-state index in [0.29, 0.717) is 36.9 Å². The molecule has 3 aliphatic heterocycles. The molecule has 5 aliphatic carbocycles. The monoisotopic (exact) mass is 524 g/mol. The first-order chi connectivity index (χ1) is 18.8. The highest BCUT2D eigenvalue weighted by Crippen LogP contribution is 2.57. The van der Waals surface area contributed by atoms with Crippen LogP contribution in [0.3, 0.4) is 0 Å². The number of hydrogen-bond donors (Lipinski definition) is 3. The van der Waals surface area contributed by atoms with Gasteiger partial charge in [-0.25, -0.2) is 0 Å². The van der Waals surface area contributed by atoms with Crippen molar-refractivity contribution in [3.63, 3.8) is 0 Å². The molecule has 5 heteroatoms. The van der Waals surface area contributed by atoms with E-state index in [2.05, 4.69) is 20.9 Å². The topological polar surface area (TPSA) is 48.6 Å². The first-order valence-corrected chi connectivity index (χ1v) is 17.6. The smallest absolute Gasteiger partial charge is 0.117 e. The molecular weight excluding hydrogens is 468 g/mol. The third-order valence-corrected chi connectivity index (χ3v) is 13.3. The van der Waals surface area contributed by atoms with Crippen LogP contribution in [0.25, 0.3) is 0 Å². The van der Waals surface area contributed by atoms with Gasteiger partial charge in [0.25, 0.3) is 0 Å². The Bertz CT molecular complexity index is 785. The van der Waals surface area contributed by atoms with Crippen LogP contribution in [0.4, 0.5) is 0 Å². The summed E-state index contributed by atoms with van der Waals surface area (Å²) in [5.41, 5.74) is 0. The molecule has 214 valence electrons. The van der Waals surface area contributed by atoms with Crippen molar-refractivity contribution in [2.75, 3.05) is 0 Å². The summed E-state index contributed by atoms with van der Waals surface area (Å²) < 4.78 is 7.18. The van der Waals surface area contributed by atoms with E-state index < -0.39 is 0 Å². The Morgan fingerprint density at radius 3 is 1.76 bits per heavy atom. The first-order valence-electron chi connectivity index (χ1n) is 17.6. The van der Waals surface area contributed by atoms with Gasteiger partial charge in [-0.1, -0.05) is 64.2 Å². The molecule has 0 aromatic rings. The molecule has 3 N–H and O–H groups in total. The minimum absolute atomic E-state index is 0.320. The van der Waals surface area contributed by atoms with E-state index in [1.54, 1.807) is 0 Å². The van der Waals surface area contributed by atoms with Crippen LogP contribution in [0.5, 0.6) is 0 Å². The summed E-state index contributed by atoms with van der Waals surface area (Å²) in [7, 11) is 0. The fraction of sp³-hybridized carbons (Fsp3) is 1.00. The minimum Gasteiger partial charge on any atom is -0.373 e. The Kier molecular flexibility index (Phi) is 7.31. The van der Waals surface area contributed by atoms with Crippen LogP contribution < -0.4 is 16.0 Å². The van der Waals surface area contributed by atoms with E-state index in [4.69, 9.17) is 4.74 Å². The Morgan fingerprint density at radius 1 is 0.474 bits per heavy atom. The van der Waals surface area contributed by atoms with Crippen LogP contribution in [0.2, 0.25) is 0 Å². The molecule has 3 saturated heterocycles. The molecule has 10 unspecified atom stereocenters. The van der Waals surface area contributed by atoms with Gasteiger partial charge in [-0.2, -0.15) is 0 Å². The van der Waals surface area contributed by atoms with Gasteiger partial charge in [0.2, 0.25) is 0 Å². The Morgan fingerprint density at radius 2 is 1.05 bits per heavy atom. The summed E-state index contributed by atoms with van der Waals surface area (Å²) in [5, 5.41) is 12.8. The number of likely N-dealkylation sites (tertiary alicyclic amines) is 1. The summed E-state index contributed by atoms with van der Waals surface area (Å²) in [6.07, 6.45) is 30.9. The molecule has 5 nitrogen and oxygen atoms in total. The molecule has 8 fully saturated rings. The number of rotatable bonds is 3. The lowest BCUT2D eigenvalue weighted by atomic mass is 9.66. The molecule has 5 saturated carbocycles. The summed E-state index contributed by atoms with van der Waals surface area (Å²) in [6, 6.07) is 1.39. The number of nitrogens with zero attached hydrogens (tertiary/aromatic N) is 1. The highest BCUT2D eigenvalue weighted by atomic mass is 16.5. The van der Waals surface area contributed by atoms with Crippen LogP contribution in [0.1, 0.15) is 128 Å². The van der Waals surface area contributed by atoms with Crippen molar-refractivity contribution < 1.29 is 4.74 Å². The summed E-state index contributed by atoms with van der Waals surface area (Å²) in [5.74, 6) is 5.05. The maximum Gasteiger partial charge on any atom is 0.117 e. The van der Waals surface area contributed by atoms with Crippen LogP contribution in [-0.2, 0) is 4.74 Å². The SMILES string of the molecule is C1CCC(C2NC(C3CCCCC3)NC(N3C4CCCCC4C4CCC5C6CCCCC6OC5C43)N2)CC1. The predicted molar refractivity (Wildman–Crippen MR) is 152 cm³/mol. The third-order valence-electron chi connectivity index (χ3n) is 13.3. The van der Waals surface area contributed by atoms with Gasteiger partial charge in [-0.3, -0.25) is 20.9 Å². The largest absolute Gasteiger partial charge is 0.373 e. The fourth-order valence-corrected chi connectivity index (χ4v) is 11.6. The predicted octanol–water partition coefficient (Wildman–Crippen LogP) is 6.09. The molecule has 0 radical (unpaired) electrons. The van der Waals surface area contributed by atoms with E-state index >= 15 is 0 Å². The van der Waals surface area contributed by atoms with Crippen molar-refractivity contribution in [1.82, 2.24) is 20.9 Å². The van der Waals surface area contributed by atoms with E-state index in [0.717, 1.165) is 41.5 Å². The normalized spacial score (nSPS) is 50.7. The van der Waals surface area contributed by atoms with Gasteiger partial charge in [0, 0.05) is 12.1 Å². The zero-order chi connectivity index (χ0) is 25.1. The maximum atomic E-state index is 7.18. The second-order valence-electron chi connectivity index (χ2n) is 15.1. The van der Waals surface area contributed by atoms with Gasteiger partial charge in [-0.15, -0.1) is 0 Å². The Labute approximate surface area is 232 Å². The second kappa shape index (κ2) is 10.9. The molecule has 0 aromatic carbocycles. The summed E-state index contributed by atoms with van der Waals surface area (Å²) >= 11 is 0. The number of nitrogens with one attached hydrogen (secondary N) is 3. The van der Waals surface area contributed by atoms with Gasteiger partial charge < -0.3 is 4.74 Å². The molecule has 8 rings (SSSR count). The number of fused-ring (bicyclic) bond motifs is 7. The van der Waals surface area contributed by atoms with Crippen LogP contribution in [0.15, 0.2) is 0 Å². The Hall–Kier alpha value is -0.200. The van der Waals surface area contributed by atoms with Crippen molar-refractivity contribution >= 4 is 0 Å². The van der Waals surface area contributed by atoms with Gasteiger partial charge in [0.05, 0.1) is 24.5 Å². The number of hydrogen-bond acceptors (Lipinski definition) is 5. The van der Waals surface area contributed by atoms with Crippen molar-refractivity contribution in [3.05, 3.63) is 0 Å². The standard InChI is InChI=1S/C33H56N4O/c1-3-11-21(12-4-1)31-34-32(22-13-5-2-6-14-22)36-33(35-31)37-27-17-9-7-15-23(27)25-19-20-26-24-16-8-10-18-28(24)38-30(26)29(25)37/h21-36H,1-20H2. The second-order valence-corrected chi connectivity index (χ2v) is 15.1. The van der Waals surface area contributed by atoms with Crippen molar-refractivity contribution in [2.24, 2.45) is 35.5 Å². The van der Waals surface area contributed by atoms with Gasteiger partial charge >= 0.3 is 0 Å². The minimum atomic E-state index is 0.320. The highest BCUT2D eigenvalue weighted by molar-refractivity contribution is 5.12. The van der Waals surface area contributed by atoms with Crippen LogP contribution in [-0.4, -0.2) is 47.8 Å². The third kappa shape index (κ3) is 4.44. The van der Waals surface area contributed by atoms with Crippen LogP contribution >= 0.6 is 0 Å². The highest BCUT2D eigenvalue weighted by Gasteiger charge is 2.61. The fourth-order valence-electron chi connectivity index (χ4n) is 11.6. The van der Waals surface area contributed by atoms with Gasteiger partial charge in [0.1, 0.15) is 6.29 Å². The van der Waals surface area contributed by atoms with E-state index in [-0.39, 0.29) is 0 Å².